The molecule has 2 aliphatic carbocycles. The largest absolute Gasteiger partial charge is 0.457 e. The van der Waals surface area contributed by atoms with Crippen LogP contribution in [0.15, 0.2) is 309 Å². The van der Waals surface area contributed by atoms with Gasteiger partial charge in [0.1, 0.15) is 23.0 Å². The van der Waals surface area contributed by atoms with E-state index >= 15 is 0 Å². The Balaban J connectivity index is 0.866. The molecule has 0 N–H and O–H groups in total. The molecule has 0 amide bonds. The molecule has 83 heavy (non-hydrogen) atoms. The maximum Gasteiger partial charge on any atom is 0.132 e. The lowest BCUT2D eigenvalue weighted by atomic mass is 9.66. The molecule has 0 fully saturated rings. The number of para-hydroxylation sites is 5. The van der Waals surface area contributed by atoms with Gasteiger partial charge in [-0.25, -0.2) is 0 Å². The second-order valence-electron chi connectivity index (χ2n) is 22.1. The van der Waals surface area contributed by atoms with Crippen molar-refractivity contribution in [3.8, 4) is 89.8 Å². The van der Waals surface area contributed by atoms with Crippen LogP contribution in [0.3, 0.4) is 0 Å². The number of hydrogen-bond acceptors (Lipinski definition) is 3. The molecule has 2 aliphatic heterocycles. The lowest BCUT2D eigenvalue weighted by molar-refractivity contribution is 0.436. The van der Waals surface area contributed by atoms with Gasteiger partial charge in [0.2, 0.25) is 0 Å². The molecule has 17 rings (SSSR count). The third-order valence-electron chi connectivity index (χ3n) is 18.0. The summed E-state index contributed by atoms with van der Waals surface area (Å²) in [7, 11) is 0. The second kappa shape index (κ2) is 18.4. The molecule has 13 aromatic carbocycles. The summed E-state index contributed by atoms with van der Waals surface area (Å²) in [4.78, 5) is 2.47. The summed E-state index contributed by atoms with van der Waals surface area (Å²) in [5, 5.41) is 0. The van der Waals surface area contributed by atoms with Gasteiger partial charge in [0.05, 0.1) is 16.5 Å². The first kappa shape index (κ1) is 47.1. The maximum atomic E-state index is 6.75. The zero-order valence-corrected chi connectivity index (χ0v) is 45.2. The number of rotatable bonds is 7. The molecule has 388 valence electrons. The average Bonchev–Trinajstić information content (AvgIpc) is 1.76. The lowest BCUT2D eigenvalue weighted by Crippen LogP contribution is -2.32. The Morgan fingerprint density at radius 2 is 0.566 bits per heavy atom. The van der Waals surface area contributed by atoms with Crippen molar-refractivity contribution >= 4 is 17.1 Å². The Hall–Kier alpha value is -10.7. The molecular formula is C80H51NO2. The third-order valence-corrected chi connectivity index (χ3v) is 18.0. The Kier molecular flexibility index (Phi) is 10.4. The molecular weight excluding hydrogens is 1010 g/mol. The molecule has 2 heterocycles. The molecule has 0 aromatic heterocycles. The van der Waals surface area contributed by atoms with Crippen LogP contribution in [-0.4, -0.2) is 0 Å². The van der Waals surface area contributed by atoms with E-state index < -0.39 is 10.8 Å². The van der Waals surface area contributed by atoms with Crippen LogP contribution in [0.25, 0.3) is 66.8 Å². The van der Waals surface area contributed by atoms with E-state index in [1.54, 1.807) is 0 Å². The Labute approximate surface area is 483 Å². The number of fused-ring (bicyclic) bond motifs is 18. The van der Waals surface area contributed by atoms with Crippen molar-refractivity contribution in [2.75, 3.05) is 4.90 Å². The smallest absolute Gasteiger partial charge is 0.132 e. The number of anilines is 3. The van der Waals surface area contributed by atoms with Gasteiger partial charge in [0, 0.05) is 39.2 Å². The molecule has 3 nitrogen and oxygen atoms in total. The molecule has 2 spiro atoms. The Morgan fingerprint density at radius 1 is 0.217 bits per heavy atom. The lowest BCUT2D eigenvalue weighted by Gasteiger charge is -2.39. The molecule has 0 unspecified atom stereocenters. The summed E-state index contributed by atoms with van der Waals surface area (Å²) in [6.45, 7) is 0. The van der Waals surface area contributed by atoms with Crippen molar-refractivity contribution in [3.05, 3.63) is 354 Å². The summed E-state index contributed by atoms with van der Waals surface area (Å²) >= 11 is 0. The van der Waals surface area contributed by atoms with Crippen molar-refractivity contribution < 1.29 is 9.47 Å². The van der Waals surface area contributed by atoms with E-state index in [-0.39, 0.29) is 0 Å². The molecule has 4 aliphatic rings. The topological polar surface area (TPSA) is 21.7 Å². The van der Waals surface area contributed by atoms with Gasteiger partial charge in [-0.15, -0.1) is 0 Å². The van der Waals surface area contributed by atoms with Crippen LogP contribution >= 0.6 is 0 Å². The van der Waals surface area contributed by atoms with E-state index in [2.05, 4.69) is 314 Å². The third kappa shape index (κ3) is 6.80. The highest BCUT2D eigenvalue weighted by Gasteiger charge is 2.53. The highest BCUT2D eigenvalue weighted by atomic mass is 16.5. The van der Waals surface area contributed by atoms with Gasteiger partial charge in [-0.05, 0) is 138 Å². The van der Waals surface area contributed by atoms with Crippen molar-refractivity contribution in [1.82, 2.24) is 0 Å². The summed E-state index contributed by atoms with van der Waals surface area (Å²) in [6.07, 6.45) is 0. The zero-order chi connectivity index (χ0) is 54.6. The number of nitrogens with zero attached hydrogens (tertiary/aromatic N) is 1. The van der Waals surface area contributed by atoms with E-state index in [0.717, 1.165) is 79.0 Å². The minimum atomic E-state index is -0.604. The monoisotopic (exact) mass is 1060 g/mol. The van der Waals surface area contributed by atoms with Crippen LogP contribution in [-0.2, 0) is 10.8 Å². The van der Waals surface area contributed by atoms with Gasteiger partial charge in [-0.3, -0.25) is 0 Å². The second-order valence-corrected chi connectivity index (χ2v) is 22.1. The highest BCUT2D eigenvalue weighted by molar-refractivity contribution is 6.02. The molecule has 13 aromatic rings. The van der Waals surface area contributed by atoms with Crippen LogP contribution < -0.4 is 14.4 Å². The van der Waals surface area contributed by atoms with Crippen molar-refractivity contribution in [3.63, 3.8) is 0 Å². The van der Waals surface area contributed by atoms with Crippen LogP contribution in [0, 0.1) is 0 Å². The van der Waals surface area contributed by atoms with E-state index in [0.29, 0.717) is 0 Å². The quantitative estimate of drug-likeness (QED) is 0.159. The molecule has 0 atom stereocenters. The molecule has 0 saturated heterocycles. The first-order valence-electron chi connectivity index (χ1n) is 28.6. The average molecular weight is 1060 g/mol. The summed E-state index contributed by atoms with van der Waals surface area (Å²) < 4.78 is 13.5. The van der Waals surface area contributed by atoms with Crippen molar-refractivity contribution in [2.24, 2.45) is 0 Å². The fourth-order valence-corrected chi connectivity index (χ4v) is 14.7. The van der Waals surface area contributed by atoms with Gasteiger partial charge < -0.3 is 14.4 Å². The van der Waals surface area contributed by atoms with Crippen molar-refractivity contribution in [2.45, 2.75) is 10.8 Å². The fourth-order valence-electron chi connectivity index (χ4n) is 14.7. The normalized spacial score (nSPS) is 13.7. The Bertz CT molecular complexity index is 4660. The Morgan fingerprint density at radius 3 is 1.08 bits per heavy atom. The fraction of sp³-hybridized carbons (Fsp3) is 0.0250. The zero-order valence-electron chi connectivity index (χ0n) is 45.2. The maximum absolute atomic E-state index is 6.75. The SMILES string of the molecule is c1ccc(-c2ccc(-c3ccc(N(c4cccc(-c5cccc6c5-c5ccccc5C65c6ccccc6Oc6ccccc65)c4)c4ccccc4-c4cccc5c4-c4ccccc4C54c5ccccc5Oc5ccccc54)cc3)cc2)cc1. The van der Waals surface area contributed by atoms with Crippen molar-refractivity contribution in [1.29, 1.82) is 0 Å². The molecule has 0 bridgehead atoms. The van der Waals surface area contributed by atoms with E-state index in [4.69, 9.17) is 9.47 Å². The summed E-state index contributed by atoms with van der Waals surface area (Å²) in [5.41, 5.74) is 25.9. The highest BCUT2D eigenvalue weighted by Crippen LogP contribution is 2.66. The molecule has 0 saturated carbocycles. The summed E-state index contributed by atoms with van der Waals surface area (Å²) in [6, 6.07) is 113. The van der Waals surface area contributed by atoms with E-state index in [9.17, 15) is 0 Å². The number of benzene rings is 13. The van der Waals surface area contributed by atoms with Gasteiger partial charge in [0.15, 0.2) is 0 Å². The standard InChI is InChI=1S/C80H51NO2/c1-2-21-52(22-3-1)53-43-45-54(46-44-53)55-47-49-57(50-48-55)81(58-24-18-23-56(51-58)59-28-19-36-70-77(59)62-26-4-7-30-64(62)79(70)66-32-9-14-39-73(66)82-74-40-15-10-33-67(74)79)72-38-13-6-25-60(72)61-29-20-37-71-78(61)63-27-5-8-31-65(63)80(71)68-34-11-16-41-75(68)83-76-42-17-12-35-69(76)80/h1-51H. The first-order valence-corrected chi connectivity index (χ1v) is 28.6. The number of ether oxygens (including phenoxy) is 2. The number of hydrogen-bond donors (Lipinski definition) is 0. The minimum Gasteiger partial charge on any atom is -0.457 e. The van der Waals surface area contributed by atoms with E-state index in [1.165, 1.54) is 72.3 Å². The first-order chi connectivity index (χ1) is 41.2. The predicted molar refractivity (Wildman–Crippen MR) is 338 cm³/mol. The van der Waals surface area contributed by atoms with Gasteiger partial charge in [0.25, 0.3) is 0 Å². The van der Waals surface area contributed by atoms with Crippen LogP contribution in [0.1, 0.15) is 44.5 Å². The van der Waals surface area contributed by atoms with Gasteiger partial charge >= 0.3 is 0 Å². The van der Waals surface area contributed by atoms with Crippen LogP contribution in [0.4, 0.5) is 17.1 Å². The van der Waals surface area contributed by atoms with Gasteiger partial charge in [-0.1, -0.05) is 255 Å². The van der Waals surface area contributed by atoms with Gasteiger partial charge in [-0.2, -0.15) is 0 Å². The molecule has 3 heteroatoms. The van der Waals surface area contributed by atoms with Crippen LogP contribution in [0.2, 0.25) is 0 Å². The minimum absolute atomic E-state index is 0.582. The molecule has 0 radical (unpaired) electrons. The summed E-state index contributed by atoms with van der Waals surface area (Å²) in [5.74, 6) is 3.53. The van der Waals surface area contributed by atoms with E-state index in [1.807, 2.05) is 0 Å². The van der Waals surface area contributed by atoms with Crippen LogP contribution in [0.5, 0.6) is 23.0 Å². The predicted octanol–water partition coefficient (Wildman–Crippen LogP) is 20.8.